The van der Waals surface area contributed by atoms with Gasteiger partial charge in [0.05, 0.1) is 12.1 Å². The number of H-pyrrole nitrogens is 1. The first-order valence-electron chi connectivity index (χ1n) is 7.69. The van der Waals surface area contributed by atoms with E-state index in [-0.39, 0.29) is 12.3 Å². The summed E-state index contributed by atoms with van der Waals surface area (Å²) in [6.45, 7) is 5.86. The standard InChI is InChI=1S/C17H19N5OS/c1-10-4-6-13(7-5-10)8-16-21-22-17(24-16)18-15(23)9-14-11(2)19-20-12(14)3/h4-7H,8-9H2,1-3H3,(H,19,20)(H,18,22,23). The van der Waals surface area contributed by atoms with Crippen LogP contribution in [0.15, 0.2) is 24.3 Å². The van der Waals surface area contributed by atoms with Crippen molar-refractivity contribution < 1.29 is 4.79 Å². The lowest BCUT2D eigenvalue weighted by Gasteiger charge is -2.01. The molecular formula is C17H19N5OS. The first-order valence-corrected chi connectivity index (χ1v) is 8.51. The highest BCUT2D eigenvalue weighted by molar-refractivity contribution is 7.15. The Morgan fingerprint density at radius 2 is 1.92 bits per heavy atom. The SMILES string of the molecule is Cc1ccc(Cc2nnc(NC(=O)Cc3c(C)n[nH]c3C)s2)cc1. The van der Waals surface area contributed by atoms with Crippen molar-refractivity contribution in [1.29, 1.82) is 0 Å². The van der Waals surface area contributed by atoms with E-state index in [1.54, 1.807) is 0 Å². The van der Waals surface area contributed by atoms with Crippen LogP contribution >= 0.6 is 11.3 Å². The number of aromatic amines is 1. The van der Waals surface area contributed by atoms with Gasteiger partial charge in [0.25, 0.3) is 0 Å². The molecule has 1 amide bonds. The molecule has 0 atom stereocenters. The van der Waals surface area contributed by atoms with Crippen LogP contribution in [0.3, 0.4) is 0 Å². The fourth-order valence-electron chi connectivity index (χ4n) is 2.41. The molecule has 7 heteroatoms. The highest BCUT2D eigenvalue weighted by Crippen LogP contribution is 2.19. The molecule has 2 aromatic heterocycles. The Kier molecular flexibility index (Phi) is 4.71. The molecule has 0 unspecified atom stereocenters. The molecule has 0 saturated carbocycles. The Balaban J connectivity index is 1.61. The van der Waals surface area contributed by atoms with Crippen molar-refractivity contribution >= 4 is 22.4 Å². The van der Waals surface area contributed by atoms with Gasteiger partial charge >= 0.3 is 0 Å². The molecule has 0 bridgehead atoms. The van der Waals surface area contributed by atoms with Crippen LogP contribution in [0, 0.1) is 20.8 Å². The number of carbonyl (C=O) groups excluding carboxylic acids is 1. The van der Waals surface area contributed by atoms with Crippen LogP contribution < -0.4 is 5.32 Å². The lowest BCUT2D eigenvalue weighted by atomic mass is 10.1. The maximum atomic E-state index is 12.2. The fourth-order valence-corrected chi connectivity index (χ4v) is 3.20. The molecule has 0 spiro atoms. The van der Waals surface area contributed by atoms with Crippen molar-refractivity contribution in [3.63, 3.8) is 0 Å². The number of hydrogen-bond acceptors (Lipinski definition) is 5. The van der Waals surface area contributed by atoms with Crippen molar-refractivity contribution in [2.24, 2.45) is 0 Å². The van der Waals surface area contributed by atoms with Crippen LogP contribution in [-0.4, -0.2) is 26.3 Å². The van der Waals surface area contributed by atoms with Gasteiger partial charge in [-0.05, 0) is 26.3 Å². The summed E-state index contributed by atoms with van der Waals surface area (Å²) >= 11 is 1.40. The Morgan fingerprint density at radius 1 is 1.17 bits per heavy atom. The quantitative estimate of drug-likeness (QED) is 0.747. The minimum Gasteiger partial charge on any atom is -0.300 e. The molecule has 2 N–H and O–H groups in total. The van der Waals surface area contributed by atoms with E-state index in [1.807, 2.05) is 13.8 Å². The molecule has 1 aromatic carbocycles. The van der Waals surface area contributed by atoms with E-state index in [2.05, 4.69) is 56.9 Å². The number of rotatable bonds is 5. The van der Waals surface area contributed by atoms with E-state index in [4.69, 9.17) is 0 Å². The smallest absolute Gasteiger partial charge is 0.230 e. The summed E-state index contributed by atoms with van der Waals surface area (Å²) in [5, 5.41) is 19.4. The zero-order chi connectivity index (χ0) is 17.1. The van der Waals surface area contributed by atoms with E-state index in [0.717, 1.165) is 22.0 Å². The second-order valence-electron chi connectivity index (χ2n) is 5.80. The number of aryl methyl sites for hydroxylation is 3. The number of nitrogens with zero attached hydrogens (tertiary/aromatic N) is 3. The summed E-state index contributed by atoms with van der Waals surface area (Å²) in [6, 6.07) is 8.32. The first-order chi connectivity index (χ1) is 11.5. The molecule has 0 radical (unpaired) electrons. The molecule has 124 valence electrons. The number of nitrogens with one attached hydrogen (secondary N) is 2. The van der Waals surface area contributed by atoms with E-state index >= 15 is 0 Å². The number of aromatic nitrogens is 4. The summed E-state index contributed by atoms with van der Waals surface area (Å²) < 4.78 is 0. The molecule has 3 rings (SSSR count). The molecule has 24 heavy (non-hydrogen) atoms. The summed E-state index contributed by atoms with van der Waals surface area (Å²) in [6.07, 6.45) is 0.995. The van der Waals surface area contributed by atoms with Gasteiger partial charge in [-0.3, -0.25) is 9.89 Å². The maximum absolute atomic E-state index is 12.2. The third-order valence-electron chi connectivity index (χ3n) is 3.81. The molecule has 0 fully saturated rings. The van der Waals surface area contributed by atoms with Gasteiger partial charge in [0.15, 0.2) is 0 Å². The maximum Gasteiger partial charge on any atom is 0.230 e. The van der Waals surface area contributed by atoms with E-state index in [9.17, 15) is 4.79 Å². The van der Waals surface area contributed by atoms with E-state index in [0.29, 0.717) is 11.6 Å². The zero-order valence-corrected chi connectivity index (χ0v) is 14.7. The van der Waals surface area contributed by atoms with E-state index in [1.165, 1.54) is 22.5 Å². The number of hydrogen-bond donors (Lipinski definition) is 2. The minimum atomic E-state index is -0.111. The predicted molar refractivity (Wildman–Crippen MR) is 94.3 cm³/mol. The highest BCUT2D eigenvalue weighted by Gasteiger charge is 2.13. The topological polar surface area (TPSA) is 83.6 Å². The summed E-state index contributed by atoms with van der Waals surface area (Å²) in [5.41, 5.74) is 5.10. The average molecular weight is 341 g/mol. The van der Waals surface area contributed by atoms with Gasteiger partial charge in [0.1, 0.15) is 5.01 Å². The fraction of sp³-hybridized carbons (Fsp3) is 0.294. The van der Waals surface area contributed by atoms with Crippen molar-refractivity contribution in [2.75, 3.05) is 5.32 Å². The van der Waals surface area contributed by atoms with Gasteiger partial charge in [-0.1, -0.05) is 41.2 Å². The van der Waals surface area contributed by atoms with Gasteiger partial charge in [0, 0.05) is 17.7 Å². The Bertz CT molecular complexity index is 831. The number of amides is 1. The summed E-state index contributed by atoms with van der Waals surface area (Å²) in [4.78, 5) is 12.2. The van der Waals surface area contributed by atoms with Gasteiger partial charge in [-0.15, -0.1) is 10.2 Å². The number of anilines is 1. The summed E-state index contributed by atoms with van der Waals surface area (Å²) in [7, 11) is 0. The predicted octanol–water partition coefficient (Wildman–Crippen LogP) is 2.96. The molecule has 0 aliphatic heterocycles. The normalized spacial score (nSPS) is 10.8. The van der Waals surface area contributed by atoms with Crippen LogP contribution in [0.1, 0.15) is 33.1 Å². The molecular weight excluding hydrogens is 322 g/mol. The van der Waals surface area contributed by atoms with Crippen molar-refractivity contribution in [1.82, 2.24) is 20.4 Å². The number of carbonyl (C=O) groups is 1. The summed E-state index contributed by atoms with van der Waals surface area (Å²) in [5.74, 6) is -0.111. The van der Waals surface area contributed by atoms with Gasteiger partial charge < -0.3 is 5.32 Å². The molecule has 3 aromatic rings. The number of benzene rings is 1. The highest BCUT2D eigenvalue weighted by atomic mass is 32.1. The Labute approximate surface area is 144 Å². The van der Waals surface area contributed by atoms with Crippen LogP contribution in [0.4, 0.5) is 5.13 Å². The van der Waals surface area contributed by atoms with Crippen molar-refractivity contribution in [2.45, 2.75) is 33.6 Å². The Morgan fingerprint density at radius 3 is 2.58 bits per heavy atom. The molecule has 0 aliphatic rings. The second kappa shape index (κ2) is 6.92. The lowest BCUT2D eigenvalue weighted by Crippen LogP contribution is -2.15. The molecule has 0 saturated heterocycles. The van der Waals surface area contributed by atoms with E-state index < -0.39 is 0 Å². The third-order valence-corrected chi connectivity index (χ3v) is 4.65. The molecule has 2 heterocycles. The van der Waals surface area contributed by atoms with Crippen LogP contribution in [0.25, 0.3) is 0 Å². The largest absolute Gasteiger partial charge is 0.300 e. The average Bonchev–Trinajstić information content (AvgIpc) is 3.11. The van der Waals surface area contributed by atoms with Gasteiger partial charge in [-0.2, -0.15) is 5.10 Å². The van der Waals surface area contributed by atoms with Crippen LogP contribution in [0.2, 0.25) is 0 Å². The van der Waals surface area contributed by atoms with Crippen LogP contribution in [0.5, 0.6) is 0 Å². The van der Waals surface area contributed by atoms with Gasteiger partial charge in [-0.25, -0.2) is 0 Å². The van der Waals surface area contributed by atoms with Crippen molar-refractivity contribution in [3.8, 4) is 0 Å². The van der Waals surface area contributed by atoms with Crippen LogP contribution in [-0.2, 0) is 17.6 Å². The Hall–Kier alpha value is -2.54. The van der Waals surface area contributed by atoms with Crippen molar-refractivity contribution in [3.05, 3.63) is 57.4 Å². The second-order valence-corrected chi connectivity index (χ2v) is 6.86. The molecule has 0 aliphatic carbocycles. The van der Waals surface area contributed by atoms with Gasteiger partial charge in [0.2, 0.25) is 11.0 Å². The lowest BCUT2D eigenvalue weighted by molar-refractivity contribution is -0.115. The monoisotopic (exact) mass is 341 g/mol. The third kappa shape index (κ3) is 3.86. The zero-order valence-electron chi connectivity index (χ0n) is 13.9. The molecule has 6 nitrogen and oxygen atoms in total. The minimum absolute atomic E-state index is 0.111. The first kappa shape index (κ1) is 16.3.